The summed E-state index contributed by atoms with van der Waals surface area (Å²) in [5, 5.41) is 0.401. The molecule has 0 radical (unpaired) electrons. The van der Waals surface area contributed by atoms with Crippen LogP contribution in [0.5, 0.6) is 0 Å². The molecule has 0 saturated carbocycles. The van der Waals surface area contributed by atoms with Gasteiger partial charge in [0.15, 0.2) is 15.0 Å². The molecule has 1 aliphatic rings. The maximum atomic E-state index is 13.8. The van der Waals surface area contributed by atoms with E-state index in [0.29, 0.717) is 47.1 Å². The van der Waals surface area contributed by atoms with Crippen LogP contribution >= 0.6 is 23.7 Å². The summed E-state index contributed by atoms with van der Waals surface area (Å²) >= 11 is 1.26. The topological polar surface area (TPSA) is 108 Å². The largest absolute Gasteiger partial charge is 0.302 e. The van der Waals surface area contributed by atoms with Crippen LogP contribution in [0.3, 0.4) is 0 Å². The molecule has 13 heteroatoms. The number of nitrogens with zero attached hydrogens (tertiary/aromatic N) is 4. The SMILES string of the molecule is CCN(CC)CCN(C(=O)c1ccc(S(=O)(=O)N2CCCCC2)cc1)c1nc2c(S(C)(=O)=O)cccc2s1.Cl. The lowest BCUT2D eigenvalue weighted by Gasteiger charge is -2.26. The fraction of sp³-hybridized carbons (Fsp3) is 0.462. The van der Waals surface area contributed by atoms with E-state index < -0.39 is 19.9 Å². The second-order valence-corrected chi connectivity index (χ2v) is 14.3. The molecule has 0 atom stereocenters. The van der Waals surface area contributed by atoms with Gasteiger partial charge in [-0.1, -0.05) is 37.7 Å². The van der Waals surface area contributed by atoms with Crippen LogP contribution in [0.25, 0.3) is 10.2 Å². The van der Waals surface area contributed by atoms with E-state index in [4.69, 9.17) is 0 Å². The molecule has 2 heterocycles. The van der Waals surface area contributed by atoms with E-state index in [-0.39, 0.29) is 28.1 Å². The van der Waals surface area contributed by atoms with Crippen molar-refractivity contribution in [3.05, 3.63) is 48.0 Å². The lowest BCUT2D eigenvalue weighted by molar-refractivity contribution is 0.0983. The molecular weight excluding hydrogens is 580 g/mol. The van der Waals surface area contributed by atoms with Crippen molar-refractivity contribution in [3.63, 3.8) is 0 Å². The number of piperidine rings is 1. The Bertz CT molecular complexity index is 1500. The van der Waals surface area contributed by atoms with Gasteiger partial charge in [0.2, 0.25) is 10.0 Å². The number of rotatable bonds is 10. The van der Waals surface area contributed by atoms with E-state index >= 15 is 0 Å². The van der Waals surface area contributed by atoms with E-state index in [2.05, 4.69) is 9.88 Å². The van der Waals surface area contributed by atoms with Crippen molar-refractivity contribution in [1.29, 1.82) is 0 Å². The predicted octanol–water partition coefficient (Wildman–Crippen LogP) is 4.28. The molecule has 0 bridgehead atoms. The molecular formula is C26H35ClN4O5S3. The quantitative estimate of drug-likeness (QED) is 0.335. The van der Waals surface area contributed by atoms with Crippen molar-refractivity contribution in [3.8, 4) is 0 Å². The number of hydrogen-bond acceptors (Lipinski definition) is 8. The predicted molar refractivity (Wildman–Crippen MR) is 158 cm³/mol. The fourth-order valence-electron chi connectivity index (χ4n) is 4.57. The van der Waals surface area contributed by atoms with Gasteiger partial charge in [-0.2, -0.15) is 4.31 Å². The number of para-hydroxylation sites is 1. The summed E-state index contributed by atoms with van der Waals surface area (Å²) in [7, 11) is -7.11. The van der Waals surface area contributed by atoms with Crippen LogP contribution in [-0.2, 0) is 19.9 Å². The van der Waals surface area contributed by atoms with Gasteiger partial charge in [0.25, 0.3) is 5.91 Å². The molecule has 214 valence electrons. The number of sulfone groups is 1. The highest BCUT2D eigenvalue weighted by Gasteiger charge is 2.28. The summed E-state index contributed by atoms with van der Waals surface area (Å²) in [5.41, 5.74) is 0.684. The first-order valence-corrected chi connectivity index (χ1v) is 16.9. The minimum absolute atomic E-state index is 0. The highest BCUT2D eigenvalue weighted by atomic mass is 35.5. The van der Waals surface area contributed by atoms with Crippen LogP contribution in [0.15, 0.2) is 52.3 Å². The van der Waals surface area contributed by atoms with Crippen molar-refractivity contribution in [2.24, 2.45) is 0 Å². The Morgan fingerprint density at radius 3 is 2.18 bits per heavy atom. The maximum absolute atomic E-state index is 13.8. The van der Waals surface area contributed by atoms with Crippen molar-refractivity contribution in [1.82, 2.24) is 14.2 Å². The highest BCUT2D eigenvalue weighted by Crippen LogP contribution is 2.33. The number of hydrogen-bond donors (Lipinski definition) is 0. The third kappa shape index (κ3) is 6.98. The summed E-state index contributed by atoms with van der Waals surface area (Å²) in [6.07, 6.45) is 3.87. The Morgan fingerprint density at radius 1 is 0.949 bits per heavy atom. The van der Waals surface area contributed by atoms with E-state index in [0.717, 1.165) is 38.6 Å². The molecule has 9 nitrogen and oxygen atoms in total. The number of benzene rings is 2. The minimum Gasteiger partial charge on any atom is -0.302 e. The van der Waals surface area contributed by atoms with Crippen molar-refractivity contribution < 1.29 is 21.6 Å². The van der Waals surface area contributed by atoms with Gasteiger partial charge in [-0.05, 0) is 62.3 Å². The van der Waals surface area contributed by atoms with Crippen molar-refractivity contribution in [2.75, 3.05) is 50.4 Å². The Balaban J connectivity index is 0.00000420. The number of halogens is 1. The van der Waals surface area contributed by atoms with Crippen LogP contribution in [0, 0.1) is 0 Å². The Labute approximate surface area is 241 Å². The first-order valence-electron chi connectivity index (χ1n) is 12.8. The zero-order valence-electron chi connectivity index (χ0n) is 22.4. The molecule has 1 amide bonds. The summed E-state index contributed by atoms with van der Waals surface area (Å²) < 4.78 is 52.9. The number of likely N-dealkylation sites (N-methyl/N-ethyl adjacent to an activating group) is 1. The summed E-state index contributed by atoms with van der Waals surface area (Å²) in [6, 6.07) is 11.0. The number of fused-ring (bicyclic) bond motifs is 1. The van der Waals surface area contributed by atoms with Gasteiger partial charge in [0.1, 0.15) is 5.52 Å². The number of sulfonamides is 1. The van der Waals surface area contributed by atoms with Gasteiger partial charge in [-0.3, -0.25) is 9.69 Å². The number of anilines is 1. The zero-order chi connectivity index (χ0) is 27.5. The molecule has 0 N–H and O–H groups in total. The Hall–Kier alpha value is -2.09. The van der Waals surface area contributed by atoms with Crippen molar-refractivity contribution in [2.45, 2.75) is 42.9 Å². The molecule has 39 heavy (non-hydrogen) atoms. The second kappa shape index (κ2) is 13.0. The number of aromatic nitrogens is 1. The molecule has 1 aliphatic heterocycles. The van der Waals surface area contributed by atoms with Gasteiger partial charge >= 0.3 is 0 Å². The van der Waals surface area contributed by atoms with Gasteiger partial charge in [0, 0.05) is 38.0 Å². The van der Waals surface area contributed by atoms with E-state index in [1.807, 2.05) is 13.8 Å². The summed E-state index contributed by atoms with van der Waals surface area (Å²) in [4.78, 5) is 22.4. The Morgan fingerprint density at radius 2 is 1.59 bits per heavy atom. The van der Waals surface area contributed by atoms with E-state index in [1.165, 1.54) is 33.8 Å². The third-order valence-corrected chi connectivity index (χ3v) is 10.9. The van der Waals surface area contributed by atoms with Gasteiger partial charge < -0.3 is 4.90 Å². The molecule has 1 aromatic heterocycles. The molecule has 4 rings (SSSR count). The molecule has 0 spiro atoms. The normalized spacial score (nSPS) is 14.9. The number of thiazole rings is 1. The van der Waals surface area contributed by atoms with Gasteiger partial charge in [-0.15, -0.1) is 12.4 Å². The molecule has 0 aliphatic carbocycles. The minimum atomic E-state index is -3.61. The molecule has 0 unspecified atom stereocenters. The lowest BCUT2D eigenvalue weighted by atomic mass is 10.2. The van der Waals surface area contributed by atoms with Crippen LogP contribution < -0.4 is 4.90 Å². The molecule has 3 aromatic rings. The molecule has 2 aromatic carbocycles. The van der Waals surface area contributed by atoms with Crippen molar-refractivity contribution >= 4 is 64.9 Å². The smallest absolute Gasteiger partial charge is 0.260 e. The summed E-state index contributed by atoms with van der Waals surface area (Å²) in [5.74, 6) is -0.320. The highest BCUT2D eigenvalue weighted by molar-refractivity contribution is 7.91. The van der Waals surface area contributed by atoms with Crippen LogP contribution in [-0.4, -0.2) is 82.5 Å². The fourth-order valence-corrected chi connectivity index (χ4v) is 8.00. The van der Waals surface area contributed by atoms with Gasteiger partial charge in [-0.25, -0.2) is 21.8 Å². The standard InChI is InChI=1S/C26H34N4O5S3.ClH/c1-4-28(5-2)18-19-30(26-27-24-22(36-26)10-9-11-23(24)37(3,32)33)25(31)20-12-14-21(15-13-20)38(34,35)29-16-7-6-8-17-29;/h9-15H,4-8,16-19H2,1-3H3;1H. The van der Waals surface area contributed by atoms with Crippen LogP contribution in [0.2, 0.25) is 0 Å². The van der Waals surface area contributed by atoms with E-state index in [1.54, 1.807) is 29.2 Å². The second-order valence-electron chi connectivity index (χ2n) is 9.34. The van der Waals surface area contributed by atoms with Gasteiger partial charge in [0.05, 0.1) is 14.5 Å². The average molecular weight is 615 g/mol. The first kappa shape index (κ1) is 31.4. The number of carbonyl (C=O) groups excluding carboxylic acids is 1. The van der Waals surface area contributed by atoms with Crippen LogP contribution in [0.1, 0.15) is 43.5 Å². The third-order valence-electron chi connectivity index (χ3n) is 6.83. The lowest BCUT2D eigenvalue weighted by Crippen LogP contribution is -2.39. The first-order chi connectivity index (χ1) is 18.1. The summed E-state index contributed by atoms with van der Waals surface area (Å²) in [6.45, 7) is 7.71. The number of carbonyl (C=O) groups is 1. The molecule has 1 fully saturated rings. The number of amides is 1. The average Bonchev–Trinajstić information content (AvgIpc) is 3.35. The maximum Gasteiger partial charge on any atom is 0.260 e. The zero-order valence-corrected chi connectivity index (χ0v) is 25.6. The van der Waals surface area contributed by atoms with Crippen LogP contribution in [0.4, 0.5) is 5.13 Å². The van der Waals surface area contributed by atoms with E-state index in [9.17, 15) is 21.6 Å². The Kier molecular flexibility index (Phi) is 10.5. The molecule has 1 saturated heterocycles. The monoisotopic (exact) mass is 614 g/mol.